The highest BCUT2D eigenvalue weighted by molar-refractivity contribution is 6.03. The molecule has 3 aromatic carbocycles. The molecule has 1 N–H and O–H groups in total. The first-order chi connectivity index (χ1) is 16.5. The average molecular weight is 453 g/mol. The van der Waals surface area contributed by atoms with Gasteiger partial charge in [0.25, 0.3) is 11.8 Å². The Morgan fingerprint density at radius 2 is 1.50 bits per heavy atom. The molecule has 34 heavy (non-hydrogen) atoms. The second-order valence-electron chi connectivity index (χ2n) is 8.42. The van der Waals surface area contributed by atoms with Crippen molar-refractivity contribution in [2.75, 3.05) is 7.11 Å². The van der Waals surface area contributed by atoms with E-state index in [0.29, 0.717) is 5.56 Å². The number of amides is 2. The molecule has 6 nitrogen and oxygen atoms in total. The highest BCUT2D eigenvalue weighted by atomic mass is 16.5. The number of methoxy groups -OCH3 is 1. The summed E-state index contributed by atoms with van der Waals surface area (Å²) in [6, 6.07) is 22.4. The van der Waals surface area contributed by atoms with Crippen molar-refractivity contribution in [1.82, 2.24) is 10.2 Å². The molecule has 3 atom stereocenters. The zero-order valence-corrected chi connectivity index (χ0v) is 18.9. The van der Waals surface area contributed by atoms with E-state index in [0.717, 1.165) is 27.8 Å². The van der Waals surface area contributed by atoms with Crippen molar-refractivity contribution in [2.45, 2.75) is 25.0 Å². The molecule has 0 radical (unpaired) electrons. The Balaban J connectivity index is 1.66. The second kappa shape index (κ2) is 8.63. The number of esters is 1. The van der Waals surface area contributed by atoms with Crippen LogP contribution in [0.5, 0.6) is 0 Å². The molecule has 1 aliphatic heterocycles. The first kappa shape index (κ1) is 21.6. The summed E-state index contributed by atoms with van der Waals surface area (Å²) in [5.41, 5.74) is 5.31. The normalized spacial score (nSPS) is 19.2. The molecule has 0 fully saturated rings. The van der Waals surface area contributed by atoms with Crippen molar-refractivity contribution in [3.05, 3.63) is 102 Å². The maximum atomic E-state index is 13.8. The summed E-state index contributed by atoms with van der Waals surface area (Å²) in [5.74, 6) is -1.23. The zero-order chi connectivity index (χ0) is 23.8. The molecule has 6 heteroatoms. The standard InChI is InChI=1S/C28H24N2O4/c1-17(28(33)34-2)30-25-22-15-9-8-13-20(22)19-12-6-7-14-21(19)23(25)16-24(27(30)32)29-26(31)18-10-4-3-5-11-18/h3-17,24-25H,1-2H3,(H,29,31)/t17-,24-,25-/m1/s1. The molecule has 0 saturated heterocycles. The van der Waals surface area contributed by atoms with Gasteiger partial charge >= 0.3 is 5.97 Å². The smallest absolute Gasteiger partial charge is 0.328 e. The molecule has 3 aromatic rings. The van der Waals surface area contributed by atoms with Gasteiger partial charge in [0, 0.05) is 5.56 Å². The van der Waals surface area contributed by atoms with E-state index in [1.807, 2.05) is 60.7 Å². The third-order valence-electron chi connectivity index (χ3n) is 6.51. The molecule has 170 valence electrons. The predicted octanol–water partition coefficient (Wildman–Crippen LogP) is 3.99. The van der Waals surface area contributed by atoms with Crippen LogP contribution in [0.3, 0.4) is 0 Å². The molecule has 0 bridgehead atoms. The monoisotopic (exact) mass is 452 g/mol. The third kappa shape index (κ3) is 3.48. The van der Waals surface area contributed by atoms with Crippen LogP contribution in [-0.4, -0.2) is 41.9 Å². The number of hydrogen-bond acceptors (Lipinski definition) is 4. The quantitative estimate of drug-likeness (QED) is 0.608. The Kier molecular flexibility index (Phi) is 5.49. The minimum absolute atomic E-state index is 0.356. The van der Waals surface area contributed by atoms with Crippen molar-refractivity contribution < 1.29 is 19.1 Å². The van der Waals surface area contributed by atoms with E-state index in [4.69, 9.17) is 4.74 Å². The average Bonchev–Trinajstić information content (AvgIpc) is 2.89. The maximum absolute atomic E-state index is 13.8. The van der Waals surface area contributed by atoms with Gasteiger partial charge in [0.15, 0.2) is 0 Å². The second-order valence-corrected chi connectivity index (χ2v) is 8.42. The predicted molar refractivity (Wildman–Crippen MR) is 129 cm³/mol. The summed E-state index contributed by atoms with van der Waals surface area (Å²) in [7, 11) is 1.31. The van der Waals surface area contributed by atoms with E-state index in [1.54, 1.807) is 36.1 Å². The molecule has 0 spiro atoms. The number of hydrogen-bond donors (Lipinski definition) is 1. The van der Waals surface area contributed by atoms with Crippen LogP contribution in [-0.2, 0) is 14.3 Å². The lowest BCUT2D eigenvalue weighted by Crippen LogP contribution is -2.56. The first-order valence-electron chi connectivity index (χ1n) is 11.2. The number of benzene rings is 3. The lowest BCUT2D eigenvalue weighted by molar-refractivity contribution is -0.154. The van der Waals surface area contributed by atoms with Gasteiger partial charge in [0.2, 0.25) is 0 Å². The number of fused-ring (bicyclic) bond motifs is 6. The third-order valence-corrected chi connectivity index (χ3v) is 6.51. The number of ether oxygens (including phenoxy) is 1. The lowest BCUT2D eigenvalue weighted by atomic mass is 9.75. The topological polar surface area (TPSA) is 75.7 Å². The molecule has 0 unspecified atom stereocenters. The summed E-state index contributed by atoms with van der Waals surface area (Å²) in [5, 5.41) is 2.86. The molecular formula is C28H24N2O4. The van der Waals surface area contributed by atoms with Crippen LogP contribution in [0, 0.1) is 0 Å². The number of carbonyl (C=O) groups is 3. The van der Waals surface area contributed by atoms with Gasteiger partial charge in [-0.15, -0.1) is 0 Å². The van der Waals surface area contributed by atoms with Crippen LogP contribution in [0.15, 0.2) is 84.9 Å². The molecule has 2 amide bonds. The van der Waals surface area contributed by atoms with Crippen LogP contribution in [0.2, 0.25) is 0 Å². The van der Waals surface area contributed by atoms with Crippen LogP contribution in [0.1, 0.15) is 34.5 Å². The molecule has 1 aliphatic carbocycles. The fraction of sp³-hybridized carbons (Fsp3) is 0.179. The number of rotatable bonds is 4. The highest BCUT2D eigenvalue weighted by Gasteiger charge is 2.45. The van der Waals surface area contributed by atoms with Gasteiger partial charge in [0.1, 0.15) is 12.1 Å². The number of nitrogens with zero attached hydrogens (tertiary/aromatic N) is 1. The fourth-order valence-electron chi connectivity index (χ4n) is 4.90. The summed E-state index contributed by atoms with van der Waals surface area (Å²) < 4.78 is 5.00. The summed E-state index contributed by atoms with van der Waals surface area (Å²) >= 11 is 0. The van der Waals surface area contributed by atoms with Crippen LogP contribution >= 0.6 is 0 Å². The number of nitrogens with one attached hydrogen (secondary N) is 1. The van der Waals surface area contributed by atoms with Crippen molar-refractivity contribution in [1.29, 1.82) is 0 Å². The number of carbonyl (C=O) groups excluding carboxylic acids is 3. The largest absolute Gasteiger partial charge is 0.467 e. The van der Waals surface area contributed by atoms with Crippen LogP contribution in [0.4, 0.5) is 0 Å². The zero-order valence-electron chi connectivity index (χ0n) is 18.9. The fourth-order valence-corrected chi connectivity index (χ4v) is 4.90. The molecule has 5 rings (SSSR count). The molecule has 1 heterocycles. The Morgan fingerprint density at radius 3 is 2.21 bits per heavy atom. The van der Waals surface area contributed by atoms with Crippen molar-refractivity contribution >= 4 is 23.4 Å². The highest BCUT2D eigenvalue weighted by Crippen LogP contribution is 2.50. The minimum Gasteiger partial charge on any atom is -0.467 e. The molecule has 0 saturated carbocycles. The van der Waals surface area contributed by atoms with Gasteiger partial charge in [0.05, 0.1) is 13.2 Å². The lowest BCUT2D eigenvalue weighted by Gasteiger charge is -2.45. The van der Waals surface area contributed by atoms with Gasteiger partial charge < -0.3 is 15.0 Å². The summed E-state index contributed by atoms with van der Waals surface area (Å²) in [4.78, 5) is 40.9. The summed E-state index contributed by atoms with van der Waals surface area (Å²) in [6.45, 7) is 1.66. The van der Waals surface area contributed by atoms with Gasteiger partial charge in [-0.3, -0.25) is 9.59 Å². The van der Waals surface area contributed by atoms with E-state index in [2.05, 4.69) is 5.32 Å². The Labute approximate surface area is 197 Å². The van der Waals surface area contributed by atoms with Gasteiger partial charge in [-0.2, -0.15) is 0 Å². The van der Waals surface area contributed by atoms with Crippen molar-refractivity contribution in [2.24, 2.45) is 0 Å². The Hall–Kier alpha value is -4.19. The van der Waals surface area contributed by atoms with E-state index in [1.165, 1.54) is 7.11 Å². The van der Waals surface area contributed by atoms with Crippen molar-refractivity contribution in [3.63, 3.8) is 0 Å². The maximum Gasteiger partial charge on any atom is 0.328 e. The van der Waals surface area contributed by atoms with E-state index in [9.17, 15) is 14.4 Å². The summed E-state index contributed by atoms with van der Waals surface area (Å²) in [6.07, 6.45) is 1.82. The van der Waals surface area contributed by atoms with E-state index >= 15 is 0 Å². The minimum atomic E-state index is -0.926. The molecule has 2 aliphatic rings. The van der Waals surface area contributed by atoms with Crippen molar-refractivity contribution in [3.8, 4) is 11.1 Å². The van der Waals surface area contributed by atoms with E-state index in [-0.39, 0.29) is 11.8 Å². The SMILES string of the molecule is COC(=O)[C@@H](C)N1C(=O)[C@H](NC(=O)c2ccccc2)C=C2c3ccccc3-c3ccccc3[C@H]21. The van der Waals surface area contributed by atoms with Gasteiger partial charge in [-0.1, -0.05) is 66.7 Å². The molecular weight excluding hydrogens is 428 g/mol. The Morgan fingerprint density at radius 1 is 0.882 bits per heavy atom. The van der Waals surface area contributed by atoms with Gasteiger partial charge in [-0.05, 0) is 53.0 Å². The van der Waals surface area contributed by atoms with E-state index < -0.39 is 24.1 Å². The first-order valence-corrected chi connectivity index (χ1v) is 11.2. The molecule has 0 aromatic heterocycles. The van der Waals surface area contributed by atoms with Crippen LogP contribution < -0.4 is 5.32 Å². The van der Waals surface area contributed by atoms with Crippen LogP contribution in [0.25, 0.3) is 16.7 Å². The van der Waals surface area contributed by atoms with Gasteiger partial charge in [-0.25, -0.2) is 4.79 Å². The Bertz CT molecular complexity index is 1310.